The van der Waals surface area contributed by atoms with Gasteiger partial charge in [0.2, 0.25) is 0 Å². The Bertz CT molecular complexity index is 755. The summed E-state index contributed by atoms with van der Waals surface area (Å²) in [4.78, 5) is 23.4. The number of aryl methyl sites for hydroxylation is 3. The normalized spacial score (nSPS) is 10.2. The molecule has 0 fully saturated rings. The number of nitrogens with one attached hydrogen (secondary N) is 1. The summed E-state index contributed by atoms with van der Waals surface area (Å²) < 4.78 is 10.3. The Morgan fingerprint density at radius 2 is 1.68 bits per heavy atom. The molecule has 2 aromatic rings. The summed E-state index contributed by atoms with van der Waals surface area (Å²) in [5.41, 5.74) is 4.36. The second-order valence-electron chi connectivity index (χ2n) is 5.90. The van der Waals surface area contributed by atoms with Crippen LogP contribution in [-0.4, -0.2) is 25.1 Å². The highest BCUT2D eigenvalue weighted by atomic mass is 16.6. The van der Waals surface area contributed by atoms with Crippen LogP contribution < -0.4 is 10.1 Å². The molecule has 0 unspecified atom stereocenters. The first-order chi connectivity index (χ1) is 12.0. The number of hydrogen-bond donors (Lipinski definition) is 1. The van der Waals surface area contributed by atoms with Crippen molar-refractivity contribution in [2.24, 2.45) is 0 Å². The van der Waals surface area contributed by atoms with Crippen LogP contribution in [0.15, 0.2) is 42.5 Å². The summed E-state index contributed by atoms with van der Waals surface area (Å²) in [5.74, 6) is -0.323. The van der Waals surface area contributed by atoms with Crippen LogP contribution >= 0.6 is 0 Å². The molecule has 5 nitrogen and oxygen atoms in total. The van der Waals surface area contributed by atoms with Crippen LogP contribution in [0.25, 0.3) is 0 Å². The van der Waals surface area contributed by atoms with E-state index in [2.05, 4.69) is 5.32 Å². The molecule has 132 valence electrons. The molecule has 0 bridgehead atoms. The minimum Gasteiger partial charge on any atom is -0.482 e. The van der Waals surface area contributed by atoms with Crippen LogP contribution in [0.3, 0.4) is 0 Å². The molecule has 2 aromatic carbocycles. The fraction of sp³-hybridized carbons (Fsp3) is 0.300. The van der Waals surface area contributed by atoms with Gasteiger partial charge in [-0.1, -0.05) is 30.3 Å². The zero-order valence-corrected chi connectivity index (χ0v) is 14.8. The van der Waals surface area contributed by atoms with Crippen molar-refractivity contribution in [1.29, 1.82) is 0 Å². The number of ether oxygens (including phenoxy) is 2. The molecule has 5 heteroatoms. The van der Waals surface area contributed by atoms with Crippen LogP contribution in [0.5, 0.6) is 5.75 Å². The van der Waals surface area contributed by atoms with E-state index in [1.165, 1.54) is 0 Å². The second-order valence-corrected chi connectivity index (χ2v) is 5.90. The van der Waals surface area contributed by atoms with Crippen molar-refractivity contribution in [3.8, 4) is 5.75 Å². The maximum atomic E-state index is 11.8. The van der Waals surface area contributed by atoms with Crippen LogP contribution in [0.4, 0.5) is 0 Å². The van der Waals surface area contributed by atoms with E-state index in [1.54, 1.807) is 6.07 Å². The molecule has 0 radical (unpaired) electrons. The highest BCUT2D eigenvalue weighted by Gasteiger charge is 2.09. The molecular formula is C20H23NO4. The van der Waals surface area contributed by atoms with Crippen LogP contribution in [0.1, 0.15) is 22.3 Å². The molecule has 1 amide bonds. The zero-order chi connectivity index (χ0) is 18.2. The first-order valence-corrected chi connectivity index (χ1v) is 8.12. The molecular weight excluding hydrogens is 318 g/mol. The fourth-order valence-corrected chi connectivity index (χ4v) is 2.19. The molecule has 0 aliphatic rings. The summed E-state index contributed by atoms with van der Waals surface area (Å²) in [6.07, 6.45) is 0. The van der Waals surface area contributed by atoms with Gasteiger partial charge in [-0.25, -0.2) is 4.79 Å². The van der Waals surface area contributed by atoms with Gasteiger partial charge in [0.05, 0.1) is 0 Å². The smallest absolute Gasteiger partial charge is 0.344 e. The number of benzene rings is 2. The van der Waals surface area contributed by atoms with Crippen molar-refractivity contribution in [1.82, 2.24) is 5.32 Å². The van der Waals surface area contributed by atoms with Crippen molar-refractivity contribution in [2.45, 2.75) is 27.3 Å². The Hall–Kier alpha value is -2.82. The van der Waals surface area contributed by atoms with E-state index in [0.29, 0.717) is 12.3 Å². The number of carbonyl (C=O) groups is 2. The maximum Gasteiger partial charge on any atom is 0.344 e. The topological polar surface area (TPSA) is 64.6 Å². The van der Waals surface area contributed by atoms with Gasteiger partial charge in [0.1, 0.15) is 5.75 Å². The van der Waals surface area contributed by atoms with Gasteiger partial charge < -0.3 is 14.8 Å². The largest absolute Gasteiger partial charge is 0.482 e. The summed E-state index contributed by atoms with van der Waals surface area (Å²) in [5, 5.41) is 2.73. The first kappa shape index (κ1) is 18.5. The van der Waals surface area contributed by atoms with E-state index in [4.69, 9.17) is 9.47 Å². The number of amides is 1. The maximum absolute atomic E-state index is 11.8. The molecule has 0 aromatic heterocycles. The van der Waals surface area contributed by atoms with Gasteiger partial charge in [-0.3, -0.25) is 4.79 Å². The molecule has 0 atom stereocenters. The summed E-state index contributed by atoms with van der Waals surface area (Å²) in [6, 6.07) is 13.4. The number of carbonyl (C=O) groups excluding carboxylic acids is 2. The van der Waals surface area contributed by atoms with E-state index >= 15 is 0 Å². The van der Waals surface area contributed by atoms with Gasteiger partial charge in [-0.2, -0.15) is 0 Å². The van der Waals surface area contributed by atoms with Crippen molar-refractivity contribution in [3.05, 3.63) is 64.7 Å². The third-order valence-electron chi connectivity index (χ3n) is 3.94. The van der Waals surface area contributed by atoms with Gasteiger partial charge >= 0.3 is 5.97 Å². The highest BCUT2D eigenvalue weighted by Crippen LogP contribution is 2.16. The third-order valence-corrected chi connectivity index (χ3v) is 3.94. The van der Waals surface area contributed by atoms with Gasteiger partial charge in [0.15, 0.2) is 13.2 Å². The van der Waals surface area contributed by atoms with Crippen LogP contribution in [0.2, 0.25) is 0 Å². The Morgan fingerprint density at radius 1 is 0.920 bits per heavy atom. The first-order valence-electron chi connectivity index (χ1n) is 8.12. The predicted octanol–water partition coefficient (Wildman–Crippen LogP) is 2.85. The quantitative estimate of drug-likeness (QED) is 0.787. The summed E-state index contributed by atoms with van der Waals surface area (Å²) >= 11 is 0. The van der Waals surface area contributed by atoms with E-state index < -0.39 is 5.97 Å². The Morgan fingerprint density at radius 3 is 2.40 bits per heavy atom. The predicted molar refractivity (Wildman–Crippen MR) is 95.4 cm³/mol. The summed E-state index contributed by atoms with van der Waals surface area (Å²) in [7, 11) is 0. The van der Waals surface area contributed by atoms with E-state index in [-0.39, 0.29) is 19.1 Å². The number of hydrogen-bond acceptors (Lipinski definition) is 4. The number of esters is 1. The number of rotatable bonds is 7. The van der Waals surface area contributed by atoms with Crippen molar-refractivity contribution in [3.63, 3.8) is 0 Å². The van der Waals surface area contributed by atoms with Crippen molar-refractivity contribution in [2.75, 3.05) is 13.2 Å². The van der Waals surface area contributed by atoms with E-state index in [0.717, 1.165) is 22.3 Å². The Balaban J connectivity index is 1.69. The van der Waals surface area contributed by atoms with E-state index in [9.17, 15) is 9.59 Å². The summed E-state index contributed by atoms with van der Waals surface area (Å²) in [6.45, 7) is 5.81. The lowest BCUT2D eigenvalue weighted by molar-refractivity contribution is -0.150. The monoisotopic (exact) mass is 341 g/mol. The SMILES string of the molecule is Cc1ccc(OCC(=O)OCC(=O)NCc2ccccc2C)cc1C. The van der Waals surface area contributed by atoms with Gasteiger partial charge in [0, 0.05) is 6.54 Å². The molecule has 1 N–H and O–H groups in total. The molecule has 0 spiro atoms. The molecule has 2 rings (SSSR count). The van der Waals surface area contributed by atoms with Gasteiger partial charge in [0.25, 0.3) is 5.91 Å². The molecule has 0 saturated carbocycles. The molecule has 0 aliphatic carbocycles. The van der Waals surface area contributed by atoms with Crippen LogP contribution in [-0.2, 0) is 20.9 Å². The molecule has 0 heterocycles. The van der Waals surface area contributed by atoms with Crippen molar-refractivity contribution >= 4 is 11.9 Å². The minimum absolute atomic E-state index is 0.229. The molecule has 25 heavy (non-hydrogen) atoms. The standard InChI is InChI=1S/C20H23NO4/c1-14-8-9-18(10-16(14)3)24-13-20(23)25-12-19(22)21-11-17-7-5-4-6-15(17)2/h4-10H,11-13H2,1-3H3,(H,21,22). The lowest BCUT2D eigenvalue weighted by atomic mass is 10.1. The average molecular weight is 341 g/mol. The minimum atomic E-state index is -0.579. The van der Waals surface area contributed by atoms with Crippen molar-refractivity contribution < 1.29 is 19.1 Å². The zero-order valence-electron chi connectivity index (χ0n) is 14.8. The lowest BCUT2D eigenvalue weighted by Gasteiger charge is -2.10. The van der Waals surface area contributed by atoms with Gasteiger partial charge in [-0.15, -0.1) is 0 Å². The average Bonchev–Trinajstić information content (AvgIpc) is 2.60. The van der Waals surface area contributed by atoms with E-state index in [1.807, 2.05) is 57.2 Å². The molecule has 0 saturated heterocycles. The Labute approximate surface area is 148 Å². The second kappa shape index (κ2) is 8.87. The lowest BCUT2D eigenvalue weighted by Crippen LogP contribution is -2.29. The third kappa shape index (κ3) is 5.95. The fourth-order valence-electron chi connectivity index (χ4n) is 2.19. The Kier molecular flexibility index (Phi) is 6.57. The molecule has 0 aliphatic heterocycles. The van der Waals surface area contributed by atoms with Gasteiger partial charge in [-0.05, 0) is 55.2 Å². The van der Waals surface area contributed by atoms with Crippen LogP contribution in [0, 0.1) is 20.8 Å². The highest BCUT2D eigenvalue weighted by molar-refractivity contribution is 5.80.